The molecule has 130 valence electrons. The molecule has 0 atom stereocenters. The minimum atomic E-state index is -4.68. The number of carbonyl (C=O) groups is 1. The van der Waals surface area contributed by atoms with E-state index in [9.17, 15) is 18.0 Å². The lowest BCUT2D eigenvalue weighted by molar-refractivity contribution is -0.159. The SMILES string of the molecule is CNC(=O)c1ncn(Cc2ccc(-c3noc(C(F)(F)F)n3)cc2)n1. The van der Waals surface area contributed by atoms with Crippen molar-refractivity contribution in [2.24, 2.45) is 0 Å². The summed E-state index contributed by atoms with van der Waals surface area (Å²) in [5, 5.41) is 9.75. The number of hydrogen-bond acceptors (Lipinski definition) is 6. The Balaban J connectivity index is 1.73. The summed E-state index contributed by atoms with van der Waals surface area (Å²) < 4.78 is 43.1. The van der Waals surface area contributed by atoms with Crippen molar-refractivity contribution in [2.75, 3.05) is 7.05 Å². The van der Waals surface area contributed by atoms with E-state index in [2.05, 4.69) is 30.1 Å². The highest BCUT2D eigenvalue weighted by molar-refractivity contribution is 5.89. The molecule has 0 aliphatic carbocycles. The van der Waals surface area contributed by atoms with Crippen LogP contribution in [0, 0.1) is 0 Å². The van der Waals surface area contributed by atoms with Gasteiger partial charge in [-0.25, -0.2) is 9.67 Å². The van der Waals surface area contributed by atoms with Crippen molar-refractivity contribution < 1.29 is 22.5 Å². The number of halogens is 3. The summed E-state index contributed by atoms with van der Waals surface area (Å²) in [6, 6.07) is 6.49. The average molecular weight is 352 g/mol. The van der Waals surface area contributed by atoms with Gasteiger partial charge in [0.25, 0.3) is 5.91 Å². The minimum Gasteiger partial charge on any atom is -0.352 e. The van der Waals surface area contributed by atoms with Gasteiger partial charge in [0.1, 0.15) is 6.33 Å². The maximum absolute atomic E-state index is 12.5. The predicted molar refractivity (Wildman–Crippen MR) is 77.3 cm³/mol. The fourth-order valence-electron chi connectivity index (χ4n) is 1.99. The molecule has 3 aromatic rings. The Labute approximate surface area is 138 Å². The van der Waals surface area contributed by atoms with Gasteiger partial charge >= 0.3 is 12.1 Å². The van der Waals surface area contributed by atoms with E-state index in [-0.39, 0.29) is 11.6 Å². The molecular formula is C14H11F3N6O2. The number of nitrogens with zero attached hydrogens (tertiary/aromatic N) is 5. The topological polar surface area (TPSA) is 98.7 Å². The van der Waals surface area contributed by atoms with Crippen LogP contribution < -0.4 is 5.32 Å². The van der Waals surface area contributed by atoms with Crippen LogP contribution in [-0.2, 0) is 12.7 Å². The molecule has 0 radical (unpaired) electrons. The number of nitrogens with one attached hydrogen (secondary N) is 1. The third kappa shape index (κ3) is 3.65. The summed E-state index contributed by atoms with van der Waals surface area (Å²) in [7, 11) is 1.48. The van der Waals surface area contributed by atoms with Crippen LogP contribution in [0.3, 0.4) is 0 Å². The quantitative estimate of drug-likeness (QED) is 0.768. The largest absolute Gasteiger partial charge is 0.471 e. The van der Waals surface area contributed by atoms with Gasteiger partial charge in [-0.2, -0.15) is 18.2 Å². The predicted octanol–water partition coefficient (Wildman–Crippen LogP) is 1.75. The molecule has 0 fully saturated rings. The maximum atomic E-state index is 12.5. The highest BCUT2D eigenvalue weighted by Crippen LogP contribution is 2.29. The molecule has 0 saturated carbocycles. The molecule has 1 N–H and O–H groups in total. The number of carbonyl (C=O) groups excluding carboxylic acids is 1. The monoisotopic (exact) mass is 352 g/mol. The zero-order valence-corrected chi connectivity index (χ0v) is 12.8. The molecule has 0 aliphatic rings. The summed E-state index contributed by atoms with van der Waals surface area (Å²) >= 11 is 0. The molecule has 11 heteroatoms. The second-order valence-electron chi connectivity index (χ2n) is 4.96. The van der Waals surface area contributed by atoms with Crippen molar-refractivity contribution in [1.82, 2.24) is 30.2 Å². The Hall–Kier alpha value is -3.24. The molecule has 25 heavy (non-hydrogen) atoms. The van der Waals surface area contributed by atoms with Gasteiger partial charge < -0.3 is 9.84 Å². The fraction of sp³-hybridized carbons (Fsp3) is 0.214. The first-order chi connectivity index (χ1) is 11.9. The molecule has 1 amide bonds. The average Bonchev–Trinajstić information content (AvgIpc) is 3.24. The van der Waals surface area contributed by atoms with Gasteiger partial charge in [-0.3, -0.25) is 4.79 Å². The van der Waals surface area contributed by atoms with Crippen molar-refractivity contribution in [3.63, 3.8) is 0 Å². The fourth-order valence-corrected chi connectivity index (χ4v) is 1.99. The Kier molecular flexibility index (Phi) is 4.21. The Morgan fingerprint density at radius 1 is 1.28 bits per heavy atom. The van der Waals surface area contributed by atoms with Gasteiger partial charge in [0.2, 0.25) is 11.6 Å². The van der Waals surface area contributed by atoms with Crippen LogP contribution in [0.25, 0.3) is 11.4 Å². The number of amides is 1. The Bertz CT molecular complexity index is 885. The van der Waals surface area contributed by atoms with E-state index in [1.54, 1.807) is 24.3 Å². The number of aromatic nitrogens is 5. The number of alkyl halides is 3. The molecule has 0 unspecified atom stereocenters. The molecule has 8 nitrogen and oxygen atoms in total. The molecule has 3 rings (SSSR count). The summed E-state index contributed by atoms with van der Waals surface area (Å²) in [6.07, 6.45) is -3.27. The summed E-state index contributed by atoms with van der Waals surface area (Å²) in [5.41, 5.74) is 1.18. The number of hydrogen-bond donors (Lipinski definition) is 1. The van der Waals surface area contributed by atoms with E-state index in [4.69, 9.17) is 0 Å². The van der Waals surface area contributed by atoms with Crippen LogP contribution in [-0.4, -0.2) is 37.9 Å². The lowest BCUT2D eigenvalue weighted by Gasteiger charge is -2.02. The van der Waals surface area contributed by atoms with Crippen molar-refractivity contribution in [3.8, 4) is 11.4 Å². The Morgan fingerprint density at radius 2 is 2.00 bits per heavy atom. The standard InChI is InChI=1S/C14H11F3N6O2/c1-18-12(24)11-19-7-23(21-11)6-8-2-4-9(5-3-8)10-20-13(25-22-10)14(15,16)17/h2-5,7H,6H2,1H3,(H,18,24). The van der Waals surface area contributed by atoms with Crippen molar-refractivity contribution in [2.45, 2.75) is 12.7 Å². The zero-order valence-electron chi connectivity index (χ0n) is 12.8. The first kappa shape index (κ1) is 16.6. The van der Waals surface area contributed by atoms with Crippen LogP contribution in [0.4, 0.5) is 13.2 Å². The van der Waals surface area contributed by atoms with Crippen LogP contribution in [0.15, 0.2) is 35.1 Å². The minimum absolute atomic E-state index is 0.0468. The van der Waals surface area contributed by atoms with Crippen LogP contribution in [0.2, 0.25) is 0 Å². The van der Waals surface area contributed by atoms with Gasteiger partial charge in [-0.15, -0.1) is 5.10 Å². The third-order valence-electron chi connectivity index (χ3n) is 3.19. The van der Waals surface area contributed by atoms with Gasteiger partial charge in [-0.1, -0.05) is 29.4 Å². The van der Waals surface area contributed by atoms with E-state index in [0.717, 1.165) is 5.56 Å². The molecule has 0 saturated heterocycles. The molecule has 2 aromatic heterocycles. The van der Waals surface area contributed by atoms with Gasteiger partial charge in [-0.05, 0) is 5.56 Å². The first-order valence-electron chi connectivity index (χ1n) is 6.98. The van der Waals surface area contributed by atoms with Crippen LogP contribution in [0.5, 0.6) is 0 Å². The van der Waals surface area contributed by atoms with E-state index in [0.29, 0.717) is 12.1 Å². The zero-order chi connectivity index (χ0) is 18.0. The van der Waals surface area contributed by atoms with E-state index in [1.807, 2.05) is 0 Å². The summed E-state index contributed by atoms with van der Waals surface area (Å²) in [6.45, 7) is 0.338. The second-order valence-corrected chi connectivity index (χ2v) is 4.96. The maximum Gasteiger partial charge on any atom is 0.471 e. The highest BCUT2D eigenvalue weighted by atomic mass is 19.4. The molecule has 0 aliphatic heterocycles. The molecule has 1 aromatic carbocycles. The normalized spacial score (nSPS) is 11.5. The van der Waals surface area contributed by atoms with Gasteiger partial charge in [0.05, 0.1) is 6.54 Å². The lowest BCUT2D eigenvalue weighted by Crippen LogP contribution is -2.19. The van der Waals surface area contributed by atoms with Crippen LogP contribution >= 0.6 is 0 Å². The molecule has 2 heterocycles. The van der Waals surface area contributed by atoms with Gasteiger partial charge in [0, 0.05) is 12.6 Å². The smallest absolute Gasteiger partial charge is 0.352 e. The van der Waals surface area contributed by atoms with E-state index in [1.165, 1.54) is 18.1 Å². The van der Waals surface area contributed by atoms with Crippen molar-refractivity contribution in [3.05, 3.63) is 47.9 Å². The summed E-state index contributed by atoms with van der Waals surface area (Å²) in [4.78, 5) is 18.6. The third-order valence-corrected chi connectivity index (χ3v) is 3.19. The van der Waals surface area contributed by atoms with Gasteiger partial charge in [0.15, 0.2) is 0 Å². The number of rotatable bonds is 4. The van der Waals surface area contributed by atoms with Crippen molar-refractivity contribution in [1.29, 1.82) is 0 Å². The van der Waals surface area contributed by atoms with E-state index >= 15 is 0 Å². The van der Waals surface area contributed by atoms with Crippen LogP contribution in [0.1, 0.15) is 22.1 Å². The number of benzene rings is 1. The molecule has 0 spiro atoms. The summed E-state index contributed by atoms with van der Waals surface area (Å²) in [5.74, 6) is -1.89. The lowest BCUT2D eigenvalue weighted by atomic mass is 10.1. The highest BCUT2D eigenvalue weighted by Gasteiger charge is 2.38. The Morgan fingerprint density at radius 3 is 2.60 bits per heavy atom. The molecule has 0 bridgehead atoms. The molecular weight excluding hydrogens is 341 g/mol. The van der Waals surface area contributed by atoms with E-state index < -0.39 is 18.0 Å². The first-order valence-corrected chi connectivity index (χ1v) is 6.98. The second kappa shape index (κ2) is 6.34. The van der Waals surface area contributed by atoms with Crippen molar-refractivity contribution >= 4 is 5.91 Å².